The minimum atomic E-state index is -0.996. The predicted octanol–water partition coefficient (Wildman–Crippen LogP) is 1.23. The summed E-state index contributed by atoms with van der Waals surface area (Å²) >= 11 is 5.40. The van der Waals surface area contributed by atoms with Gasteiger partial charge in [0, 0.05) is 25.9 Å². The first kappa shape index (κ1) is 29.4. The Hall–Kier alpha value is -5.10. The molecule has 12 heteroatoms. The van der Waals surface area contributed by atoms with E-state index in [9.17, 15) is 24.0 Å². The Balaban J connectivity index is 1.32. The van der Waals surface area contributed by atoms with Crippen LogP contribution in [0, 0.1) is 0 Å². The molecule has 2 heterocycles. The van der Waals surface area contributed by atoms with E-state index in [0.717, 1.165) is 11.1 Å². The van der Waals surface area contributed by atoms with Crippen LogP contribution in [-0.4, -0.2) is 55.9 Å². The van der Waals surface area contributed by atoms with Crippen LogP contribution in [0.5, 0.6) is 0 Å². The van der Waals surface area contributed by atoms with E-state index in [1.165, 1.54) is 15.5 Å². The number of hydrogen-bond acceptors (Lipinski definition) is 6. The highest BCUT2D eigenvalue weighted by molar-refractivity contribution is 7.80. The number of thiocarbonyl (C=S) groups is 1. The second kappa shape index (κ2) is 12.8. The molecule has 0 aliphatic carbocycles. The lowest BCUT2D eigenvalue weighted by Gasteiger charge is -2.18. The Kier molecular flexibility index (Phi) is 8.77. The van der Waals surface area contributed by atoms with Crippen molar-refractivity contribution >= 4 is 46.1 Å². The average molecular weight is 599 g/mol. The number of carbonyl (C=O) groups excluding carboxylic acids is 3. The van der Waals surface area contributed by atoms with Gasteiger partial charge in [-0.1, -0.05) is 66.7 Å². The Labute approximate surface area is 251 Å². The molecule has 0 saturated carbocycles. The molecule has 0 spiro atoms. The molecule has 1 aliphatic heterocycles. The van der Waals surface area contributed by atoms with E-state index in [1.807, 2.05) is 60.7 Å². The molecule has 5 rings (SSSR count). The fourth-order valence-electron chi connectivity index (χ4n) is 5.18. The largest absolute Gasteiger partial charge is 0.368 e. The van der Waals surface area contributed by atoms with E-state index in [0.29, 0.717) is 23.5 Å². The van der Waals surface area contributed by atoms with Gasteiger partial charge in [-0.3, -0.25) is 28.9 Å². The maximum Gasteiger partial charge on any atom is 0.316 e. The van der Waals surface area contributed by atoms with E-state index in [4.69, 9.17) is 18.0 Å². The number of rotatable bonds is 11. The van der Waals surface area contributed by atoms with Crippen molar-refractivity contribution in [2.24, 2.45) is 5.73 Å². The Morgan fingerprint density at radius 3 is 2.26 bits per heavy atom. The molecule has 0 radical (unpaired) electrons. The minimum Gasteiger partial charge on any atom is -0.368 e. The van der Waals surface area contributed by atoms with Gasteiger partial charge in [0.05, 0.1) is 16.6 Å². The number of nitrogens with two attached hydrogens (primary N) is 1. The van der Waals surface area contributed by atoms with Crippen molar-refractivity contribution in [3.8, 4) is 0 Å². The number of amides is 3. The van der Waals surface area contributed by atoms with Crippen LogP contribution in [0.15, 0.2) is 88.5 Å². The summed E-state index contributed by atoms with van der Waals surface area (Å²) in [6.45, 7) is 0.328. The molecule has 220 valence electrons. The maximum absolute atomic E-state index is 13.3. The molecule has 4 aromatic rings. The zero-order valence-electron chi connectivity index (χ0n) is 23.1. The monoisotopic (exact) mass is 598 g/mol. The van der Waals surface area contributed by atoms with Gasteiger partial charge in [0.25, 0.3) is 11.8 Å². The maximum atomic E-state index is 13.3. The molecule has 2 atom stereocenters. The number of H-pyrrole nitrogens is 1. The topological polar surface area (TPSA) is 159 Å². The summed E-state index contributed by atoms with van der Waals surface area (Å²) in [5, 5.41) is 6.03. The Morgan fingerprint density at radius 2 is 1.58 bits per heavy atom. The van der Waals surface area contributed by atoms with Crippen LogP contribution in [0.1, 0.15) is 27.9 Å². The third kappa shape index (κ3) is 6.54. The molecule has 5 N–H and O–H groups in total. The Morgan fingerprint density at radius 1 is 0.907 bits per heavy atom. The normalized spacial score (nSPS) is 15.3. The van der Waals surface area contributed by atoms with Crippen molar-refractivity contribution in [2.75, 3.05) is 6.54 Å². The molecule has 11 nitrogen and oxygen atoms in total. The van der Waals surface area contributed by atoms with Crippen molar-refractivity contribution in [2.45, 2.75) is 37.9 Å². The quantitative estimate of drug-likeness (QED) is 0.149. The molecule has 1 aromatic heterocycles. The van der Waals surface area contributed by atoms with Gasteiger partial charge in [-0.25, -0.2) is 0 Å². The third-order valence-electron chi connectivity index (χ3n) is 7.34. The van der Waals surface area contributed by atoms with Gasteiger partial charge in [0.1, 0.15) is 12.1 Å². The lowest BCUT2D eigenvalue weighted by molar-refractivity contribution is -0.127. The summed E-state index contributed by atoms with van der Waals surface area (Å²) in [5.41, 5.74) is 6.23. The van der Waals surface area contributed by atoms with Gasteiger partial charge in [-0.15, -0.1) is 0 Å². The van der Waals surface area contributed by atoms with E-state index in [1.54, 1.807) is 12.1 Å². The van der Waals surface area contributed by atoms with Crippen LogP contribution >= 0.6 is 12.2 Å². The highest BCUT2D eigenvalue weighted by Gasteiger charge is 2.35. The molecule has 1 fully saturated rings. The number of primary amides is 1. The fraction of sp³-hybridized carbons (Fsp3) is 0.226. The zero-order chi connectivity index (χ0) is 30.5. The minimum absolute atomic E-state index is 0.0755. The van der Waals surface area contributed by atoms with Gasteiger partial charge in [0.15, 0.2) is 5.11 Å². The number of benzene rings is 3. The van der Waals surface area contributed by atoms with Gasteiger partial charge < -0.3 is 25.9 Å². The molecule has 0 bridgehead atoms. The van der Waals surface area contributed by atoms with Crippen molar-refractivity contribution < 1.29 is 14.4 Å². The number of nitrogens with one attached hydrogen (secondary N) is 3. The van der Waals surface area contributed by atoms with Crippen LogP contribution < -0.4 is 27.5 Å². The molecule has 3 amide bonds. The average Bonchev–Trinajstić information content (AvgIpc) is 3.26. The lowest BCUT2D eigenvalue weighted by Crippen LogP contribution is -2.46. The van der Waals surface area contributed by atoms with Crippen LogP contribution in [0.2, 0.25) is 0 Å². The summed E-state index contributed by atoms with van der Waals surface area (Å²) in [6, 6.07) is 21.9. The van der Waals surface area contributed by atoms with Gasteiger partial charge in [0.2, 0.25) is 5.91 Å². The van der Waals surface area contributed by atoms with E-state index in [2.05, 4.69) is 15.6 Å². The second-order valence-corrected chi connectivity index (χ2v) is 10.7. The lowest BCUT2D eigenvalue weighted by atomic mass is 10.0. The van der Waals surface area contributed by atoms with Crippen LogP contribution in [0.4, 0.5) is 0 Å². The number of carbonyl (C=O) groups is 3. The molecule has 3 aromatic carbocycles. The van der Waals surface area contributed by atoms with Crippen LogP contribution in [-0.2, 0) is 29.0 Å². The molecule has 43 heavy (non-hydrogen) atoms. The van der Waals surface area contributed by atoms with Gasteiger partial charge in [-0.2, -0.15) is 0 Å². The van der Waals surface area contributed by atoms with E-state index < -0.39 is 35.0 Å². The van der Waals surface area contributed by atoms with E-state index >= 15 is 0 Å². The highest BCUT2D eigenvalue weighted by Crippen LogP contribution is 2.17. The summed E-state index contributed by atoms with van der Waals surface area (Å²) in [6.07, 6.45) is 0.995. The first-order valence-corrected chi connectivity index (χ1v) is 14.2. The number of para-hydroxylation sites is 1. The number of nitrogens with zero attached hydrogens (tertiary/aromatic N) is 2. The first-order chi connectivity index (χ1) is 20.7. The molecule has 1 saturated heterocycles. The molecule has 1 unspecified atom stereocenters. The van der Waals surface area contributed by atoms with Crippen LogP contribution in [0.3, 0.4) is 0 Å². The molecule has 1 aliphatic rings. The van der Waals surface area contributed by atoms with Crippen molar-refractivity contribution in [3.05, 3.63) is 116 Å². The van der Waals surface area contributed by atoms with Crippen LogP contribution in [0.25, 0.3) is 11.0 Å². The summed E-state index contributed by atoms with van der Waals surface area (Å²) in [5.74, 6) is -1.50. The van der Waals surface area contributed by atoms with Crippen molar-refractivity contribution in [1.82, 2.24) is 25.1 Å². The third-order valence-corrected chi connectivity index (χ3v) is 7.68. The molecular weight excluding hydrogens is 568 g/mol. The summed E-state index contributed by atoms with van der Waals surface area (Å²) < 4.78 is 1.28. The molecular formula is C31H30N6O5S. The first-order valence-electron chi connectivity index (χ1n) is 13.8. The van der Waals surface area contributed by atoms with Gasteiger partial charge >= 0.3 is 11.1 Å². The number of fused-ring (bicyclic) bond motifs is 1. The predicted molar refractivity (Wildman–Crippen MR) is 165 cm³/mol. The SMILES string of the molecule is NC(=O)[C@H](Cc1ccccc1)NC(=O)c1cccc2c1[nH]c(=O)c(=O)n2CCCN1C(=O)C(Cc2ccccc2)NC1=S. The number of aromatic nitrogens is 2. The van der Waals surface area contributed by atoms with Crippen molar-refractivity contribution in [1.29, 1.82) is 0 Å². The summed E-state index contributed by atoms with van der Waals surface area (Å²) in [7, 11) is 0. The van der Waals surface area contributed by atoms with E-state index in [-0.39, 0.29) is 36.5 Å². The highest BCUT2D eigenvalue weighted by atomic mass is 32.1. The van der Waals surface area contributed by atoms with Crippen molar-refractivity contribution in [3.63, 3.8) is 0 Å². The Bertz CT molecular complexity index is 1800. The van der Waals surface area contributed by atoms with Gasteiger partial charge in [-0.05, 0) is 41.9 Å². The zero-order valence-corrected chi connectivity index (χ0v) is 23.9. The smallest absolute Gasteiger partial charge is 0.316 e. The standard InChI is InChI=1S/C31H30N6O5S/c32-26(38)22(17-19-9-3-1-4-10-19)33-27(39)21-13-7-14-24-25(21)35-28(40)30(42)36(24)15-8-16-37-29(41)23(34-31(37)43)18-20-11-5-2-6-12-20/h1-7,9-14,22-23H,8,15-18H2,(H2,32,38)(H,33,39)(H,34,43)(H,35,40)/t22-,23?/m0/s1. The second-order valence-electron chi connectivity index (χ2n) is 10.3. The fourth-order valence-corrected chi connectivity index (χ4v) is 5.50. The summed E-state index contributed by atoms with van der Waals surface area (Å²) in [4.78, 5) is 68.0. The number of aromatic amines is 1. The number of hydrogen-bond donors (Lipinski definition) is 4. The number of aryl methyl sites for hydroxylation is 1.